The summed E-state index contributed by atoms with van der Waals surface area (Å²) in [6, 6.07) is 0. The van der Waals surface area contributed by atoms with Crippen molar-refractivity contribution in [2.75, 3.05) is 13.2 Å². The minimum absolute atomic E-state index is 0.0156. The first kappa shape index (κ1) is 14.9. The number of rotatable bonds is 10. The molecule has 1 unspecified atom stereocenters. The lowest BCUT2D eigenvalue weighted by molar-refractivity contribution is -0.146. The summed E-state index contributed by atoms with van der Waals surface area (Å²) in [6.07, 6.45) is 6.22. The predicted octanol–water partition coefficient (Wildman–Crippen LogP) is 3.99. The molecule has 15 heavy (non-hydrogen) atoms. The Morgan fingerprint density at radius 1 is 0.933 bits per heavy atom. The molecule has 0 aliphatic carbocycles. The van der Waals surface area contributed by atoms with E-state index in [1.54, 1.807) is 0 Å². The zero-order valence-corrected chi connectivity index (χ0v) is 10.9. The van der Waals surface area contributed by atoms with Crippen LogP contribution in [0.15, 0.2) is 0 Å². The predicted molar refractivity (Wildman–Crippen MR) is 65.0 cm³/mol. The van der Waals surface area contributed by atoms with E-state index in [-0.39, 0.29) is 6.29 Å². The minimum atomic E-state index is 0.0156. The van der Waals surface area contributed by atoms with Gasteiger partial charge in [-0.2, -0.15) is 0 Å². The summed E-state index contributed by atoms with van der Waals surface area (Å²) in [4.78, 5) is 0. The van der Waals surface area contributed by atoms with E-state index in [9.17, 15) is 0 Å². The van der Waals surface area contributed by atoms with Crippen LogP contribution < -0.4 is 0 Å². The summed E-state index contributed by atoms with van der Waals surface area (Å²) in [5.41, 5.74) is 0. The van der Waals surface area contributed by atoms with E-state index in [0.29, 0.717) is 0 Å². The lowest BCUT2D eigenvalue weighted by Gasteiger charge is -2.22. The molecule has 0 fully saturated rings. The van der Waals surface area contributed by atoms with Crippen molar-refractivity contribution in [3.63, 3.8) is 0 Å². The monoisotopic (exact) mass is 216 g/mol. The second kappa shape index (κ2) is 10.4. The van der Waals surface area contributed by atoms with Gasteiger partial charge in [0.15, 0.2) is 6.29 Å². The second-order valence-electron chi connectivity index (χ2n) is 3.99. The van der Waals surface area contributed by atoms with Crippen molar-refractivity contribution < 1.29 is 9.47 Å². The molecule has 0 aliphatic heterocycles. The number of unbranched alkanes of at least 4 members (excludes halogenated alkanes) is 1. The normalized spacial score (nSPS) is 13.4. The van der Waals surface area contributed by atoms with Crippen molar-refractivity contribution in [3.8, 4) is 0 Å². The molecular weight excluding hydrogens is 188 g/mol. The van der Waals surface area contributed by atoms with E-state index < -0.39 is 0 Å². The van der Waals surface area contributed by atoms with Gasteiger partial charge in [0.25, 0.3) is 0 Å². The topological polar surface area (TPSA) is 18.5 Å². The Morgan fingerprint density at radius 2 is 1.53 bits per heavy atom. The minimum Gasteiger partial charge on any atom is -0.353 e. The van der Waals surface area contributed by atoms with Gasteiger partial charge in [0.1, 0.15) is 0 Å². The highest BCUT2D eigenvalue weighted by Gasteiger charge is 2.14. The van der Waals surface area contributed by atoms with Crippen LogP contribution in [-0.4, -0.2) is 19.5 Å². The lowest BCUT2D eigenvalue weighted by atomic mass is 9.95. The molecule has 0 aliphatic rings. The van der Waals surface area contributed by atoms with E-state index in [1.165, 1.54) is 25.7 Å². The number of ether oxygens (including phenoxy) is 2. The van der Waals surface area contributed by atoms with Crippen LogP contribution in [0.4, 0.5) is 0 Å². The van der Waals surface area contributed by atoms with E-state index in [1.807, 2.05) is 13.8 Å². The summed E-state index contributed by atoms with van der Waals surface area (Å²) in [5, 5.41) is 0. The fourth-order valence-electron chi connectivity index (χ4n) is 1.81. The molecule has 0 spiro atoms. The quantitative estimate of drug-likeness (QED) is 0.514. The SMILES string of the molecule is CCCCC(CC)CC(OCC)OCC. The molecule has 0 N–H and O–H groups in total. The highest BCUT2D eigenvalue weighted by Crippen LogP contribution is 2.20. The summed E-state index contributed by atoms with van der Waals surface area (Å²) in [5.74, 6) is 0.757. The number of hydrogen-bond donors (Lipinski definition) is 0. The van der Waals surface area contributed by atoms with Crippen LogP contribution in [0.25, 0.3) is 0 Å². The average molecular weight is 216 g/mol. The third-order valence-electron chi connectivity index (χ3n) is 2.77. The molecule has 0 aromatic carbocycles. The van der Waals surface area contributed by atoms with Crippen molar-refractivity contribution in [1.82, 2.24) is 0 Å². The van der Waals surface area contributed by atoms with Crippen LogP contribution in [-0.2, 0) is 9.47 Å². The van der Waals surface area contributed by atoms with Crippen molar-refractivity contribution in [2.45, 2.75) is 66.1 Å². The molecule has 2 heteroatoms. The maximum absolute atomic E-state index is 5.57. The standard InChI is InChI=1S/C13H28O2/c1-5-9-10-12(6-2)11-13(14-7-3)15-8-4/h12-13H,5-11H2,1-4H3. The second-order valence-corrected chi connectivity index (χ2v) is 3.99. The van der Waals surface area contributed by atoms with Gasteiger partial charge >= 0.3 is 0 Å². The summed E-state index contributed by atoms with van der Waals surface area (Å²) < 4.78 is 11.1. The first-order valence-electron chi connectivity index (χ1n) is 6.51. The Labute approximate surface area is 95.3 Å². The van der Waals surface area contributed by atoms with Gasteiger partial charge in [-0.05, 0) is 19.8 Å². The molecule has 0 amide bonds. The fraction of sp³-hybridized carbons (Fsp3) is 1.00. The maximum atomic E-state index is 5.57. The molecule has 0 radical (unpaired) electrons. The van der Waals surface area contributed by atoms with E-state index in [2.05, 4.69) is 13.8 Å². The molecule has 0 saturated carbocycles. The smallest absolute Gasteiger partial charge is 0.157 e. The van der Waals surface area contributed by atoms with Gasteiger partial charge in [-0.3, -0.25) is 0 Å². The zero-order valence-electron chi connectivity index (χ0n) is 10.9. The summed E-state index contributed by atoms with van der Waals surface area (Å²) >= 11 is 0. The van der Waals surface area contributed by atoms with Crippen LogP contribution in [0, 0.1) is 5.92 Å². The first-order valence-corrected chi connectivity index (χ1v) is 6.51. The van der Waals surface area contributed by atoms with Gasteiger partial charge in [-0.1, -0.05) is 39.5 Å². The van der Waals surface area contributed by atoms with Crippen LogP contribution in [0.3, 0.4) is 0 Å². The van der Waals surface area contributed by atoms with Crippen molar-refractivity contribution in [2.24, 2.45) is 5.92 Å². The Balaban J connectivity index is 3.85. The van der Waals surface area contributed by atoms with E-state index in [0.717, 1.165) is 25.6 Å². The molecule has 0 saturated heterocycles. The van der Waals surface area contributed by atoms with Crippen molar-refractivity contribution in [3.05, 3.63) is 0 Å². The van der Waals surface area contributed by atoms with Gasteiger partial charge in [-0.25, -0.2) is 0 Å². The molecule has 2 nitrogen and oxygen atoms in total. The lowest BCUT2D eigenvalue weighted by Crippen LogP contribution is -2.21. The first-order chi connectivity index (χ1) is 7.28. The van der Waals surface area contributed by atoms with Crippen LogP contribution in [0.2, 0.25) is 0 Å². The number of hydrogen-bond acceptors (Lipinski definition) is 2. The van der Waals surface area contributed by atoms with Gasteiger partial charge < -0.3 is 9.47 Å². The van der Waals surface area contributed by atoms with E-state index >= 15 is 0 Å². The molecule has 92 valence electrons. The third-order valence-corrected chi connectivity index (χ3v) is 2.77. The largest absolute Gasteiger partial charge is 0.353 e. The molecule has 0 rings (SSSR count). The Bertz CT molecular complexity index is 120. The summed E-state index contributed by atoms with van der Waals surface area (Å²) in [7, 11) is 0. The zero-order chi connectivity index (χ0) is 11.5. The molecule has 0 aromatic heterocycles. The highest BCUT2D eigenvalue weighted by molar-refractivity contribution is 4.60. The fourth-order valence-corrected chi connectivity index (χ4v) is 1.81. The van der Waals surface area contributed by atoms with Gasteiger partial charge in [-0.15, -0.1) is 0 Å². The Hall–Kier alpha value is -0.0800. The molecule has 0 aromatic rings. The van der Waals surface area contributed by atoms with Gasteiger partial charge in [0, 0.05) is 19.6 Å². The van der Waals surface area contributed by atoms with Crippen molar-refractivity contribution >= 4 is 0 Å². The highest BCUT2D eigenvalue weighted by atomic mass is 16.7. The van der Waals surface area contributed by atoms with Gasteiger partial charge in [0.2, 0.25) is 0 Å². The van der Waals surface area contributed by atoms with Crippen molar-refractivity contribution in [1.29, 1.82) is 0 Å². The molecule has 1 atom stereocenters. The average Bonchev–Trinajstić information content (AvgIpc) is 2.24. The van der Waals surface area contributed by atoms with Crippen LogP contribution >= 0.6 is 0 Å². The Morgan fingerprint density at radius 3 is 1.93 bits per heavy atom. The van der Waals surface area contributed by atoms with Gasteiger partial charge in [0.05, 0.1) is 0 Å². The maximum Gasteiger partial charge on any atom is 0.157 e. The molecular formula is C13H28O2. The van der Waals surface area contributed by atoms with E-state index in [4.69, 9.17) is 9.47 Å². The Kier molecular flexibility index (Phi) is 10.4. The molecule has 0 bridgehead atoms. The van der Waals surface area contributed by atoms with Crippen LogP contribution in [0.5, 0.6) is 0 Å². The molecule has 0 heterocycles. The summed E-state index contributed by atoms with van der Waals surface area (Å²) in [6.45, 7) is 10.0. The van der Waals surface area contributed by atoms with Crippen LogP contribution in [0.1, 0.15) is 59.8 Å². The third kappa shape index (κ3) is 7.80.